The van der Waals surface area contributed by atoms with Gasteiger partial charge >= 0.3 is 0 Å². The fourth-order valence-corrected chi connectivity index (χ4v) is 3.51. The Morgan fingerprint density at radius 3 is 2.73 bits per heavy atom. The van der Waals surface area contributed by atoms with Crippen molar-refractivity contribution in [1.29, 1.82) is 0 Å². The van der Waals surface area contributed by atoms with Gasteiger partial charge in [-0.15, -0.1) is 0 Å². The van der Waals surface area contributed by atoms with Crippen molar-refractivity contribution in [2.24, 2.45) is 5.92 Å². The van der Waals surface area contributed by atoms with Crippen LogP contribution in [0.15, 0.2) is 24.4 Å². The predicted molar refractivity (Wildman–Crippen MR) is 88.7 cm³/mol. The van der Waals surface area contributed by atoms with Crippen LogP contribution in [0.5, 0.6) is 0 Å². The average Bonchev–Trinajstić information content (AvgIpc) is 3.00. The van der Waals surface area contributed by atoms with Crippen LogP contribution in [0.3, 0.4) is 0 Å². The molecule has 4 heteroatoms. The van der Waals surface area contributed by atoms with Gasteiger partial charge in [-0.3, -0.25) is 4.79 Å². The number of aromatic nitrogens is 2. The van der Waals surface area contributed by atoms with Crippen LogP contribution in [0.1, 0.15) is 51.1 Å². The van der Waals surface area contributed by atoms with E-state index >= 15 is 0 Å². The fraction of sp³-hybridized carbons (Fsp3) is 0.556. The summed E-state index contributed by atoms with van der Waals surface area (Å²) >= 11 is 0. The van der Waals surface area contributed by atoms with Crippen LogP contribution in [-0.2, 0) is 4.79 Å². The molecule has 22 heavy (non-hydrogen) atoms. The Morgan fingerprint density at radius 2 is 2.09 bits per heavy atom. The van der Waals surface area contributed by atoms with E-state index in [0.717, 1.165) is 44.4 Å². The molecular formula is C18H25N3O. The van der Waals surface area contributed by atoms with Crippen LogP contribution in [-0.4, -0.2) is 33.9 Å². The fourth-order valence-electron chi connectivity index (χ4n) is 3.51. The molecule has 0 atom stereocenters. The second-order valence-electron chi connectivity index (χ2n) is 6.28. The van der Waals surface area contributed by atoms with Crippen molar-refractivity contribution in [2.45, 2.75) is 45.4 Å². The van der Waals surface area contributed by atoms with Crippen LogP contribution in [0.4, 0.5) is 0 Å². The highest BCUT2D eigenvalue weighted by Crippen LogP contribution is 2.30. The molecule has 1 fully saturated rings. The molecule has 0 bridgehead atoms. The van der Waals surface area contributed by atoms with E-state index < -0.39 is 0 Å². The largest absolute Gasteiger partial charge is 0.343 e. The van der Waals surface area contributed by atoms with E-state index in [4.69, 9.17) is 0 Å². The zero-order valence-electron chi connectivity index (χ0n) is 13.5. The molecule has 0 saturated carbocycles. The van der Waals surface area contributed by atoms with Gasteiger partial charge in [0.05, 0.1) is 0 Å². The molecule has 1 aliphatic rings. The molecule has 118 valence electrons. The second kappa shape index (κ2) is 6.51. The molecule has 2 aromatic rings. The Balaban J connectivity index is 1.65. The molecule has 3 rings (SSSR count). The number of rotatable bonds is 4. The van der Waals surface area contributed by atoms with Crippen molar-refractivity contribution in [2.75, 3.05) is 13.1 Å². The number of nitrogens with one attached hydrogen (secondary N) is 1. The Hall–Kier alpha value is -1.84. The lowest BCUT2D eigenvalue weighted by molar-refractivity contribution is -0.136. The third kappa shape index (κ3) is 2.87. The predicted octanol–water partition coefficient (Wildman–Crippen LogP) is 3.71. The molecule has 4 nitrogen and oxygen atoms in total. The highest BCUT2D eigenvalue weighted by atomic mass is 16.2. The lowest BCUT2D eigenvalue weighted by atomic mass is 9.92. The SMILES string of the molecule is CCC(CC)C(=O)N1CCC(c2cc3cccnc3[nH]2)CC1. The highest BCUT2D eigenvalue weighted by molar-refractivity contribution is 5.79. The molecule has 1 aliphatic heterocycles. The van der Waals surface area contributed by atoms with Gasteiger partial charge in [-0.2, -0.15) is 0 Å². The molecule has 1 N–H and O–H groups in total. The van der Waals surface area contributed by atoms with Crippen LogP contribution >= 0.6 is 0 Å². The number of piperidine rings is 1. The maximum absolute atomic E-state index is 12.5. The first kappa shape index (κ1) is 15.1. The van der Waals surface area contributed by atoms with Crippen LogP contribution in [0.2, 0.25) is 0 Å². The van der Waals surface area contributed by atoms with Crippen molar-refractivity contribution in [1.82, 2.24) is 14.9 Å². The standard InChI is InChI=1S/C18H25N3O/c1-3-13(4-2)18(22)21-10-7-14(8-11-21)16-12-15-6-5-9-19-17(15)20-16/h5-6,9,12-14H,3-4,7-8,10-11H2,1-2H3,(H,19,20). The smallest absolute Gasteiger partial charge is 0.225 e. The van der Waals surface area contributed by atoms with Gasteiger partial charge in [-0.25, -0.2) is 4.98 Å². The quantitative estimate of drug-likeness (QED) is 0.935. The van der Waals surface area contributed by atoms with E-state index in [9.17, 15) is 4.79 Å². The highest BCUT2D eigenvalue weighted by Gasteiger charge is 2.27. The molecule has 3 heterocycles. The summed E-state index contributed by atoms with van der Waals surface area (Å²) in [6.07, 6.45) is 5.79. The van der Waals surface area contributed by atoms with Gasteiger partial charge in [-0.05, 0) is 43.9 Å². The number of likely N-dealkylation sites (tertiary alicyclic amines) is 1. The van der Waals surface area contributed by atoms with E-state index in [2.05, 4.69) is 40.8 Å². The van der Waals surface area contributed by atoms with Crippen molar-refractivity contribution in [3.63, 3.8) is 0 Å². The summed E-state index contributed by atoms with van der Waals surface area (Å²) in [4.78, 5) is 22.3. The summed E-state index contributed by atoms with van der Waals surface area (Å²) in [7, 11) is 0. The number of hydrogen-bond acceptors (Lipinski definition) is 2. The minimum Gasteiger partial charge on any atom is -0.343 e. The van der Waals surface area contributed by atoms with Gasteiger partial charge in [0.15, 0.2) is 0 Å². The summed E-state index contributed by atoms with van der Waals surface area (Å²) < 4.78 is 0. The number of nitrogens with zero attached hydrogens (tertiary/aromatic N) is 2. The first-order valence-electron chi connectivity index (χ1n) is 8.45. The minimum absolute atomic E-state index is 0.203. The van der Waals surface area contributed by atoms with E-state index in [1.54, 1.807) is 0 Å². The number of hydrogen-bond donors (Lipinski definition) is 1. The zero-order valence-corrected chi connectivity index (χ0v) is 13.5. The summed E-state index contributed by atoms with van der Waals surface area (Å²) in [5.74, 6) is 1.07. The Kier molecular flexibility index (Phi) is 4.46. The minimum atomic E-state index is 0.203. The third-order valence-corrected chi connectivity index (χ3v) is 4.99. The van der Waals surface area contributed by atoms with Crippen LogP contribution in [0, 0.1) is 5.92 Å². The van der Waals surface area contributed by atoms with Crippen LogP contribution < -0.4 is 0 Å². The first-order valence-corrected chi connectivity index (χ1v) is 8.45. The van der Waals surface area contributed by atoms with Gasteiger partial charge in [0.1, 0.15) is 5.65 Å². The lowest BCUT2D eigenvalue weighted by Gasteiger charge is -2.33. The number of pyridine rings is 1. The topological polar surface area (TPSA) is 49.0 Å². The number of H-pyrrole nitrogens is 1. The lowest BCUT2D eigenvalue weighted by Crippen LogP contribution is -2.41. The van der Waals surface area contributed by atoms with Crippen molar-refractivity contribution < 1.29 is 4.79 Å². The number of carbonyl (C=O) groups excluding carboxylic acids is 1. The number of aromatic amines is 1. The number of carbonyl (C=O) groups is 1. The first-order chi connectivity index (χ1) is 10.7. The Bertz CT molecular complexity index is 604. The van der Waals surface area contributed by atoms with Gasteiger partial charge in [0, 0.05) is 42.2 Å². The maximum atomic E-state index is 12.5. The van der Waals surface area contributed by atoms with Crippen molar-refractivity contribution in [3.8, 4) is 0 Å². The number of fused-ring (bicyclic) bond motifs is 1. The average molecular weight is 299 g/mol. The molecule has 2 aromatic heterocycles. The van der Waals surface area contributed by atoms with Gasteiger partial charge < -0.3 is 9.88 Å². The van der Waals surface area contributed by atoms with Crippen molar-refractivity contribution >= 4 is 16.9 Å². The molecule has 1 amide bonds. The summed E-state index contributed by atoms with van der Waals surface area (Å²) in [6.45, 7) is 5.97. The normalized spacial score (nSPS) is 16.6. The molecule has 0 unspecified atom stereocenters. The van der Waals surface area contributed by atoms with E-state index in [1.165, 1.54) is 11.1 Å². The molecule has 1 saturated heterocycles. The van der Waals surface area contributed by atoms with E-state index in [0.29, 0.717) is 11.8 Å². The maximum Gasteiger partial charge on any atom is 0.225 e. The van der Waals surface area contributed by atoms with Gasteiger partial charge in [-0.1, -0.05) is 13.8 Å². The summed E-state index contributed by atoms with van der Waals surface area (Å²) in [5.41, 5.74) is 2.23. The molecular weight excluding hydrogens is 274 g/mol. The van der Waals surface area contributed by atoms with Crippen molar-refractivity contribution in [3.05, 3.63) is 30.1 Å². The van der Waals surface area contributed by atoms with Gasteiger partial charge in [0.2, 0.25) is 5.91 Å². The van der Waals surface area contributed by atoms with Crippen LogP contribution in [0.25, 0.3) is 11.0 Å². The number of amides is 1. The molecule has 0 aromatic carbocycles. The third-order valence-electron chi connectivity index (χ3n) is 4.99. The molecule has 0 spiro atoms. The van der Waals surface area contributed by atoms with Gasteiger partial charge in [0.25, 0.3) is 0 Å². The zero-order chi connectivity index (χ0) is 15.5. The van der Waals surface area contributed by atoms with E-state index in [1.807, 2.05) is 12.3 Å². The molecule has 0 radical (unpaired) electrons. The molecule has 0 aliphatic carbocycles. The second-order valence-corrected chi connectivity index (χ2v) is 6.28. The Morgan fingerprint density at radius 1 is 1.36 bits per heavy atom. The monoisotopic (exact) mass is 299 g/mol. The summed E-state index contributed by atoms with van der Waals surface area (Å²) in [6, 6.07) is 6.27. The Labute approximate surface area is 131 Å². The summed E-state index contributed by atoms with van der Waals surface area (Å²) in [5, 5.41) is 1.17. The van der Waals surface area contributed by atoms with E-state index in [-0.39, 0.29) is 5.92 Å².